The van der Waals surface area contributed by atoms with Crippen LogP contribution in [0.25, 0.3) is 0 Å². The number of esters is 1. The highest BCUT2D eigenvalue weighted by Gasteiger charge is 2.33. The summed E-state index contributed by atoms with van der Waals surface area (Å²) in [7, 11) is 4.49. The van der Waals surface area contributed by atoms with E-state index in [9.17, 15) is 9.59 Å². The largest absolute Gasteiger partial charge is 0.493 e. The number of rotatable bonds is 7. The molecule has 0 aromatic heterocycles. The molecule has 1 aliphatic heterocycles. The van der Waals surface area contributed by atoms with Crippen molar-refractivity contribution in [3.05, 3.63) is 41.1 Å². The molecule has 0 saturated heterocycles. The monoisotopic (exact) mass is 376 g/mol. The van der Waals surface area contributed by atoms with Gasteiger partial charge in [0.25, 0.3) is 0 Å². The number of hydrogen-bond donors (Lipinski definition) is 2. The number of hydrogen-bond acceptors (Lipinski definition) is 6. The van der Waals surface area contributed by atoms with Crippen LogP contribution in [-0.2, 0) is 9.53 Å². The normalized spacial score (nSPS) is 16.6. The Bertz CT molecular complexity index is 759. The van der Waals surface area contributed by atoms with Crippen molar-refractivity contribution in [1.82, 2.24) is 10.6 Å². The van der Waals surface area contributed by atoms with Crippen LogP contribution < -0.4 is 24.8 Å². The molecule has 1 aromatic rings. The summed E-state index contributed by atoms with van der Waals surface area (Å²) in [5.74, 6) is 0.719. The third-order valence-corrected chi connectivity index (χ3v) is 4.06. The number of carbonyl (C=O) groups excluding carboxylic acids is 2. The molecule has 0 bridgehead atoms. The summed E-state index contributed by atoms with van der Waals surface area (Å²) in [6.07, 6.45) is 3.50. The summed E-state index contributed by atoms with van der Waals surface area (Å²) in [6.45, 7) is 3.62. The lowest BCUT2D eigenvalue weighted by Crippen LogP contribution is -2.45. The maximum Gasteiger partial charge on any atom is 0.338 e. The van der Waals surface area contributed by atoms with E-state index in [1.165, 1.54) is 21.3 Å². The summed E-state index contributed by atoms with van der Waals surface area (Å²) in [6, 6.07) is 2.22. The molecule has 0 spiro atoms. The van der Waals surface area contributed by atoms with Gasteiger partial charge >= 0.3 is 12.0 Å². The molecule has 1 aromatic carbocycles. The molecule has 0 unspecified atom stereocenters. The molecule has 27 heavy (non-hydrogen) atoms. The van der Waals surface area contributed by atoms with Crippen molar-refractivity contribution in [1.29, 1.82) is 0 Å². The Labute approximate surface area is 158 Å². The number of benzene rings is 1. The molecule has 0 radical (unpaired) electrons. The van der Waals surface area contributed by atoms with Crippen LogP contribution in [0.3, 0.4) is 0 Å². The quantitative estimate of drug-likeness (QED) is 0.561. The molecule has 8 heteroatoms. The first-order chi connectivity index (χ1) is 13.0. The molecule has 1 heterocycles. The number of carbonyl (C=O) groups is 2. The van der Waals surface area contributed by atoms with Crippen LogP contribution in [0.5, 0.6) is 17.2 Å². The van der Waals surface area contributed by atoms with Crippen molar-refractivity contribution in [2.75, 3.05) is 27.9 Å². The first kappa shape index (κ1) is 20.2. The van der Waals surface area contributed by atoms with E-state index in [4.69, 9.17) is 18.9 Å². The fourth-order valence-electron chi connectivity index (χ4n) is 2.78. The van der Waals surface area contributed by atoms with Crippen LogP contribution in [-0.4, -0.2) is 39.9 Å². The van der Waals surface area contributed by atoms with Crippen molar-refractivity contribution in [3.63, 3.8) is 0 Å². The topological polar surface area (TPSA) is 95.1 Å². The van der Waals surface area contributed by atoms with Crippen LogP contribution >= 0.6 is 0 Å². The van der Waals surface area contributed by atoms with E-state index in [1.54, 1.807) is 31.2 Å². The maximum atomic E-state index is 12.6. The van der Waals surface area contributed by atoms with E-state index in [0.717, 1.165) is 0 Å². The third-order valence-electron chi connectivity index (χ3n) is 4.06. The minimum absolute atomic E-state index is 0.141. The van der Waals surface area contributed by atoms with Gasteiger partial charge in [-0.1, -0.05) is 12.2 Å². The van der Waals surface area contributed by atoms with Crippen LogP contribution in [0.15, 0.2) is 35.6 Å². The van der Waals surface area contributed by atoms with E-state index in [0.29, 0.717) is 34.1 Å². The van der Waals surface area contributed by atoms with E-state index in [-0.39, 0.29) is 6.61 Å². The van der Waals surface area contributed by atoms with Crippen molar-refractivity contribution < 1.29 is 28.5 Å². The van der Waals surface area contributed by atoms with Gasteiger partial charge in [0.1, 0.15) is 6.61 Å². The zero-order valence-corrected chi connectivity index (χ0v) is 16.0. The van der Waals surface area contributed by atoms with Gasteiger partial charge < -0.3 is 29.6 Å². The van der Waals surface area contributed by atoms with E-state index in [2.05, 4.69) is 10.6 Å². The minimum atomic E-state index is -0.731. The smallest absolute Gasteiger partial charge is 0.338 e. The van der Waals surface area contributed by atoms with Crippen LogP contribution in [0.4, 0.5) is 4.79 Å². The Morgan fingerprint density at radius 3 is 2.30 bits per heavy atom. The molecule has 2 N–H and O–H groups in total. The number of amides is 2. The number of ether oxygens (including phenoxy) is 4. The van der Waals surface area contributed by atoms with Crippen LogP contribution in [0.2, 0.25) is 0 Å². The Kier molecular flexibility index (Phi) is 6.70. The van der Waals surface area contributed by atoms with E-state index < -0.39 is 18.0 Å². The molecule has 8 nitrogen and oxygen atoms in total. The molecule has 146 valence electrons. The van der Waals surface area contributed by atoms with Crippen molar-refractivity contribution >= 4 is 12.0 Å². The average molecular weight is 376 g/mol. The number of urea groups is 1. The molecule has 1 atom stereocenters. The predicted molar refractivity (Wildman–Crippen MR) is 99.0 cm³/mol. The summed E-state index contributed by atoms with van der Waals surface area (Å²) >= 11 is 0. The Balaban J connectivity index is 2.51. The van der Waals surface area contributed by atoms with Gasteiger partial charge in [0, 0.05) is 5.70 Å². The summed E-state index contributed by atoms with van der Waals surface area (Å²) in [5.41, 5.74) is 1.31. The average Bonchev–Trinajstić information content (AvgIpc) is 2.66. The highest BCUT2D eigenvalue weighted by Crippen LogP contribution is 2.41. The van der Waals surface area contributed by atoms with Gasteiger partial charge in [-0.15, -0.1) is 0 Å². The Morgan fingerprint density at radius 1 is 1.15 bits per heavy atom. The highest BCUT2D eigenvalue weighted by atomic mass is 16.5. The lowest BCUT2D eigenvalue weighted by atomic mass is 9.95. The summed E-state index contributed by atoms with van der Waals surface area (Å²) < 4.78 is 21.3. The number of allylic oxidation sites excluding steroid dienone is 2. The van der Waals surface area contributed by atoms with Gasteiger partial charge in [-0.05, 0) is 31.5 Å². The SMILES string of the molecule is C/C=C\COC(=O)C1=C(C)NC(=O)N[C@H]1c1cc(OC)c(OC)c(OC)c1. The molecule has 0 aliphatic carbocycles. The summed E-state index contributed by atoms with van der Waals surface area (Å²) in [4.78, 5) is 24.6. The molecular formula is C19H24N2O6. The molecule has 2 amide bonds. The molecular weight excluding hydrogens is 352 g/mol. The second kappa shape index (κ2) is 8.98. The van der Waals surface area contributed by atoms with Gasteiger partial charge in [0.2, 0.25) is 5.75 Å². The second-order valence-electron chi connectivity index (χ2n) is 5.70. The van der Waals surface area contributed by atoms with E-state index in [1.807, 2.05) is 6.92 Å². The van der Waals surface area contributed by atoms with Gasteiger partial charge in [-0.2, -0.15) is 0 Å². The van der Waals surface area contributed by atoms with Gasteiger partial charge in [0.05, 0.1) is 32.9 Å². The van der Waals surface area contributed by atoms with Crippen molar-refractivity contribution in [2.45, 2.75) is 19.9 Å². The van der Waals surface area contributed by atoms with Crippen molar-refractivity contribution in [3.8, 4) is 17.2 Å². The second-order valence-corrected chi connectivity index (χ2v) is 5.70. The zero-order chi connectivity index (χ0) is 20.0. The standard InChI is InChI=1S/C19H24N2O6/c1-6-7-8-27-18(22)15-11(2)20-19(23)21-16(15)12-9-13(24-3)17(26-5)14(10-12)25-4/h6-7,9-10,16H,8H2,1-5H3,(H2,20,21,23)/b7-6-/t16-/m0/s1. The van der Waals surface area contributed by atoms with Gasteiger partial charge in [-0.3, -0.25) is 0 Å². The molecule has 0 fully saturated rings. The first-order valence-electron chi connectivity index (χ1n) is 8.33. The van der Waals surface area contributed by atoms with Crippen molar-refractivity contribution in [2.24, 2.45) is 0 Å². The minimum Gasteiger partial charge on any atom is -0.493 e. The van der Waals surface area contributed by atoms with E-state index >= 15 is 0 Å². The highest BCUT2D eigenvalue weighted by molar-refractivity contribution is 5.95. The molecule has 2 rings (SSSR count). The molecule has 0 saturated carbocycles. The first-order valence-corrected chi connectivity index (χ1v) is 8.33. The zero-order valence-electron chi connectivity index (χ0n) is 16.0. The number of nitrogens with one attached hydrogen (secondary N) is 2. The van der Waals surface area contributed by atoms with Crippen LogP contribution in [0, 0.1) is 0 Å². The third kappa shape index (κ3) is 4.33. The Hall–Kier alpha value is -3.16. The van der Waals surface area contributed by atoms with Gasteiger partial charge in [-0.25, -0.2) is 9.59 Å². The number of methoxy groups -OCH3 is 3. The molecule has 1 aliphatic rings. The fraction of sp³-hybridized carbons (Fsp3) is 0.368. The lowest BCUT2D eigenvalue weighted by molar-refractivity contribution is -0.138. The summed E-state index contributed by atoms with van der Waals surface area (Å²) in [5, 5.41) is 5.35. The van der Waals surface area contributed by atoms with Gasteiger partial charge in [0.15, 0.2) is 11.5 Å². The predicted octanol–water partition coefficient (Wildman–Crippen LogP) is 2.46. The maximum absolute atomic E-state index is 12.6. The van der Waals surface area contributed by atoms with Crippen LogP contribution in [0.1, 0.15) is 25.5 Å². The fourth-order valence-corrected chi connectivity index (χ4v) is 2.78. The lowest BCUT2D eigenvalue weighted by Gasteiger charge is -2.28. The Morgan fingerprint density at radius 2 is 1.78 bits per heavy atom.